The van der Waals surface area contributed by atoms with Crippen LogP contribution in [0.25, 0.3) is 21.9 Å². The number of nitrogens with one attached hydrogen (secondary N) is 3. The molecule has 1 aromatic heterocycles. The summed E-state index contributed by atoms with van der Waals surface area (Å²) in [6.45, 7) is 0.239. The van der Waals surface area contributed by atoms with Crippen molar-refractivity contribution < 1.29 is 24.6 Å². The molecule has 0 saturated carbocycles. The standard InChI is InChI=1S/C30H30N4O5/c35-26-17-21(23-10-5-8-20-7-1-2-9-22(20)23)13-14-24(26)25(18-30(38)39)34-29(37)19-33-28(36)12-6-16-32-27-11-3-4-15-31-27/h1-5,7-11,13-15,17,25,35H,6,12,16,18-19H2,(H,31,32)(H,33,36)(H,34,37)(H,38,39). The molecule has 0 radical (unpaired) electrons. The van der Waals surface area contributed by atoms with Gasteiger partial charge in [-0.1, -0.05) is 60.7 Å². The largest absolute Gasteiger partial charge is 0.508 e. The molecule has 9 heteroatoms. The number of fused-ring (bicyclic) bond motifs is 1. The molecule has 0 saturated heterocycles. The van der Waals surface area contributed by atoms with Crippen LogP contribution >= 0.6 is 0 Å². The average molecular weight is 527 g/mol. The first-order chi connectivity index (χ1) is 18.9. The number of rotatable bonds is 12. The summed E-state index contributed by atoms with van der Waals surface area (Å²) in [6, 6.07) is 23.3. The maximum atomic E-state index is 12.6. The zero-order valence-corrected chi connectivity index (χ0v) is 21.3. The number of pyridine rings is 1. The van der Waals surface area contributed by atoms with E-state index in [4.69, 9.17) is 0 Å². The first-order valence-corrected chi connectivity index (χ1v) is 12.6. The Kier molecular flexibility index (Phi) is 9.07. The first kappa shape index (κ1) is 27.1. The van der Waals surface area contributed by atoms with E-state index < -0.39 is 24.3 Å². The smallest absolute Gasteiger partial charge is 0.305 e. The Balaban J connectivity index is 1.35. The predicted octanol–water partition coefficient (Wildman–Crippen LogP) is 4.25. The predicted molar refractivity (Wildman–Crippen MR) is 149 cm³/mol. The molecule has 5 N–H and O–H groups in total. The van der Waals surface area contributed by atoms with E-state index in [-0.39, 0.29) is 30.2 Å². The fourth-order valence-corrected chi connectivity index (χ4v) is 4.34. The third-order valence-electron chi connectivity index (χ3n) is 6.22. The van der Waals surface area contributed by atoms with Gasteiger partial charge in [-0.3, -0.25) is 14.4 Å². The van der Waals surface area contributed by atoms with E-state index in [2.05, 4.69) is 20.9 Å². The SMILES string of the molecule is O=C(O)CC(NC(=O)CNC(=O)CCCNc1ccccn1)c1ccc(-c2cccc3ccccc23)cc1O. The highest BCUT2D eigenvalue weighted by Gasteiger charge is 2.22. The quantitative estimate of drug-likeness (QED) is 0.174. The molecule has 9 nitrogen and oxygen atoms in total. The number of nitrogens with zero attached hydrogens (tertiary/aromatic N) is 1. The first-order valence-electron chi connectivity index (χ1n) is 12.6. The third kappa shape index (κ3) is 7.54. The lowest BCUT2D eigenvalue weighted by molar-refractivity contribution is -0.138. The molecule has 0 bridgehead atoms. The molecular weight excluding hydrogens is 496 g/mol. The number of carbonyl (C=O) groups excluding carboxylic acids is 2. The Morgan fingerprint density at radius 1 is 0.897 bits per heavy atom. The summed E-state index contributed by atoms with van der Waals surface area (Å²) in [5.41, 5.74) is 1.96. The molecule has 1 atom stereocenters. The molecule has 1 unspecified atom stereocenters. The average Bonchev–Trinajstić information content (AvgIpc) is 2.94. The second-order valence-corrected chi connectivity index (χ2v) is 9.04. The van der Waals surface area contributed by atoms with Crippen LogP contribution in [-0.4, -0.2) is 46.1 Å². The summed E-state index contributed by atoms with van der Waals surface area (Å²) in [5.74, 6) is -1.40. The van der Waals surface area contributed by atoms with Gasteiger partial charge in [0.05, 0.1) is 19.0 Å². The number of aromatic nitrogens is 1. The third-order valence-corrected chi connectivity index (χ3v) is 6.22. The maximum Gasteiger partial charge on any atom is 0.305 e. The molecule has 0 aliphatic carbocycles. The van der Waals surface area contributed by atoms with Gasteiger partial charge in [-0.25, -0.2) is 4.98 Å². The van der Waals surface area contributed by atoms with E-state index in [1.807, 2.05) is 60.7 Å². The molecule has 200 valence electrons. The topological polar surface area (TPSA) is 141 Å². The van der Waals surface area contributed by atoms with Crippen molar-refractivity contribution in [1.29, 1.82) is 0 Å². The van der Waals surface area contributed by atoms with Crippen LogP contribution in [0.2, 0.25) is 0 Å². The van der Waals surface area contributed by atoms with E-state index >= 15 is 0 Å². The molecule has 4 aromatic rings. The minimum Gasteiger partial charge on any atom is -0.508 e. The summed E-state index contributed by atoms with van der Waals surface area (Å²) in [6.07, 6.45) is 2.00. The van der Waals surface area contributed by atoms with Crippen molar-refractivity contribution in [3.8, 4) is 16.9 Å². The highest BCUT2D eigenvalue weighted by Crippen LogP contribution is 2.34. The van der Waals surface area contributed by atoms with Gasteiger partial charge in [-0.2, -0.15) is 0 Å². The van der Waals surface area contributed by atoms with Crippen LogP contribution in [0.4, 0.5) is 5.82 Å². The van der Waals surface area contributed by atoms with Gasteiger partial charge in [0.25, 0.3) is 0 Å². The maximum absolute atomic E-state index is 12.6. The van der Waals surface area contributed by atoms with Crippen molar-refractivity contribution in [3.63, 3.8) is 0 Å². The Bertz CT molecular complexity index is 1450. The normalized spacial score (nSPS) is 11.5. The summed E-state index contributed by atoms with van der Waals surface area (Å²) in [5, 5.41) is 30.6. The van der Waals surface area contributed by atoms with Crippen molar-refractivity contribution in [2.75, 3.05) is 18.4 Å². The zero-order chi connectivity index (χ0) is 27.6. The van der Waals surface area contributed by atoms with Crippen molar-refractivity contribution in [2.24, 2.45) is 0 Å². The number of anilines is 1. The molecule has 2 amide bonds. The van der Waals surface area contributed by atoms with Gasteiger partial charge in [-0.15, -0.1) is 0 Å². The van der Waals surface area contributed by atoms with Crippen LogP contribution in [0.5, 0.6) is 5.75 Å². The van der Waals surface area contributed by atoms with Gasteiger partial charge in [-0.05, 0) is 46.5 Å². The highest BCUT2D eigenvalue weighted by atomic mass is 16.4. The number of carboxylic acid groups (broad SMARTS) is 1. The summed E-state index contributed by atoms with van der Waals surface area (Å²) < 4.78 is 0. The lowest BCUT2D eigenvalue weighted by Crippen LogP contribution is -2.39. The molecular formula is C30H30N4O5. The van der Waals surface area contributed by atoms with Gasteiger partial charge in [0, 0.05) is 24.7 Å². The minimum absolute atomic E-state index is 0.128. The lowest BCUT2D eigenvalue weighted by atomic mass is 9.95. The Labute approximate surface area is 225 Å². The second-order valence-electron chi connectivity index (χ2n) is 9.04. The van der Waals surface area contributed by atoms with Gasteiger partial charge in [0.2, 0.25) is 11.8 Å². The Hall–Kier alpha value is -4.92. The second kappa shape index (κ2) is 13.0. The molecule has 0 aliphatic heterocycles. The molecule has 1 heterocycles. The molecule has 3 aromatic carbocycles. The van der Waals surface area contributed by atoms with Gasteiger partial charge in [0.15, 0.2) is 0 Å². The van der Waals surface area contributed by atoms with Crippen molar-refractivity contribution in [3.05, 3.63) is 90.6 Å². The van der Waals surface area contributed by atoms with Crippen LogP contribution in [0.15, 0.2) is 85.1 Å². The van der Waals surface area contributed by atoms with E-state index in [1.165, 1.54) is 0 Å². The minimum atomic E-state index is -1.14. The van der Waals surface area contributed by atoms with Gasteiger partial charge in [0.1, 0.15) is 11.6 Å². The summed E-state index contributed by atoms with van der Waals surface area (Å²) >= 11 is 0. The number of phenolic OH excluding ortho intramolecular Hbond substituents is 1. The molecule has 39 heavy (non-hydrogen) atoms. The highest BCUT2D eigenvalue weighted by molar-refractivity contribution is 5.96. The number of benzene rings is 3. The van der Waals surface area contributed by atoms with Gasteiger partial charge < -0.3 is 26.2 Å². The van der Waals surface area contributed by atoms with E-state index in [9.17, 15) is 24.6 Å². The number of carbonyl (C=O) groups is 3. The van der Waals surface area contributed by atoms with Crippen LogP contribution in [0.3, 0.4) is 0 Å². The molecule has 4 rings (SSSR count). The summed E-state index contributed by atoms with van der Waals surface area (Å²) in [7, 11) is 0. The molecule has 0 fully saturated rings. The Morgan fingerprint density at radius 3 is 2.46 bits per heavy atom. The number of hydrogen-bond acceptors (Lipinski definition) is 6. The van der Waals surface area contributed by atoms with Crippen molar-refractivity contribution in [1.82, 2.24) is 15.6 Å². The van der Waals surface area contributed by atoms with E-state index in [1.54, 1.807) is 24.4 Å². The zero-order valence-electron chi connectivity index (χ0n) is 21.3. The molecule has 0 aliphatic rings. The number of aromatic hydroxyl groups is 1. The summed E-state index contributed by atoms with van der Waals surface area (Å²) in [4.78, 5) is 40.4. The monoisotopic (exact) mass is 526 g/mol. The van der Waals surface area contributed by atoms with Crippen LogP contribution < -0.4 is 16.0 Å². The number of amides is 2. The number of hydrogen-bond donors (Lipinski definition) is 5. The number of aliphatic carboxylic acids is 1. The number of carboxylic acids is 1. The van der Waals surface area contributed by atoms with Crippen LogP contribution in [0, 0.1) is 0 Å². The van der Waals surface area contributed by atoms with Crippen LogP contribution in [-0.2, 0) is 14.4 Å². The van der Waals surface area contributed by atoms with Crippen molar-refractivity contribution >= 4 is 34.4 Å². The van der Waals surface area contributed by atoms with Crippen molar-refractivity contribution in [2.45, 2.75) is 25.3 Å². The van der Waals surface area contributed by atoms with E-state index in [0.717, 1.165) is 27.7 Å². The Morgan fingerprint density at radius 2 is 1.69 bits per heavy atom. The number of phenols is 1. The van der Waals surface area contributed by atoms with Crippen LogP contribution in [0.1, 0.15) is 30.9 Å². The lowest BCUT2D eigenvalue weighted by Gasteiger charge is -2.20. The fourth-order valence-electron chi connectivity index (χ4n) is 4.34. The van der Waals surface area contributed by atoms with Gasteiger partial charge >= 0.3 is 5.97 Å². The molecule has 0 spiro atoms. The fraction of sp³-hybridized carbons (Fsp3) is 0.200. The van der Waals surface area contributed by atoms with E-state index in [0.29, 0.717) is 13.0 Å².